The predicted octanol–water partition coefficient (Wildman–Crippen LogP) is 2.58. The van der Waals surface area contributed by atoms with Gasteiger partial charge in [0.15, 0.2) is 17.3 Å². The lowest BCUT2D eigenvalue weighted by molar-refractivity contribution is 0.0976. The van der Waals surface area contributed by atoms with E-state index < -0.39 is 5.82 Å². The molecule has 0 amide bonds. The fourth-order valence-corrected chi connectivity index (χ4v) is 1.64. The lowest BCUT2D eigenvalue weighted by atomic mass is 10.1. The summed E-state index contributed by atoms with van der Waals surface area (Å²) in [5.41, 5.74) is 0.0890. The Morgan fingerprint density at radius 2 is 1.94 bits per heavy atom. The number of ketones is 1. The zero-order chi connectivity index (χ0) is 11.5. The van der Waals surface area contributed by atoms with Gasteiger partial charge in [-0.1, -0.05) is 6.92 Å². The molecule has 0 bridgehead atoms. The van der Waals surface area contributed by atoms with E-state index in [0.717, 1.165) is 0 Å². The van der Waals surface area contributed by atoms with Crippen LogP contribution >= 0.6 is 0 Å². The van der Waals surface area contributed by atoms with Gasteiger partial charge in [0.25, 0.3) is 0 Å². The Kier molecular flexibility index (Phi) is 3.08. The zero-order valence-electron chi connectivity index (χ0n) is 9.09. The highest BCUT2D eigenvalue weighted by atomic mass is 19.1. The molecule has 0 N–H and O–H groups in total. The van der Waals surface area contributed by atoms with Crippen LogP contribution in [0.3, 0.4) is 0 Å². The van der Waals surface area contributed by atoms with E-state index >= 15 is 0 Å². The average Bonchev–Trinajstić information content (AvgIpc) is 2.28. The van der Waals surface area contributed by atoms with E-state index in [1.165, 1.54) is 12.1 Å². The van der Waals surface area contributed by atoms with Crippen LogP contribution in [-0.2, 0) is 0 Å². The number of fused-ring (bicyclic) bond motifs is 1. The van der Waals surface area contributed by atoms with Gasteiger partial charge in [0, 0.05) is 12.5 Å². The second-order valence-electron chi connectivity index (χ2n) is 3.65. The maximum atomic E-state index is 13.6. The molecule has 1 heterocycles. The molecule has 0 fully saturated rings. The first-order chi connectivity index (χ1) is 7.72. The summed E-state index contributed by atoms with van der Waals surface area (Å²) in [5, 5.41) is 0. The molecule has 16 heavy (non-hydrogen) atoms. The molecule has 0 saturated carbocycles. The van der Waals surface area contributed by atoms with Gasteiger partial charge in [0.05, 0.1) is 5.56 Å². The van der Waals surface area contributed by atoms with E-state index in [2.05, 4.69) is 0 Å². The number of ether oxygens (including phenoxy) is 2. The number of carbonyl (C=O) groups excluding carboxylic acids is 1. The second-order valence-corrected chi connectivity index (χ2v) is 3.65. The highest BCUT2D eigenvalue weighted by Crippen LogP contribution is 2.33. The van der Waals surface area contributed by atoms with Crippen molar-refractivity contribution in [3.05, 3.63) is 23.5 Å². The average molecular weight is 224 g/mol. The third-order valence-corrected chi connectivity index (χ3v) is 2.41. The van der Waals surface area contributed by atoms with E-state index in [0.29, 0.717) is 37.6 Å². The standard InChI is InChI=1S/C12H13FO3/c1-2-3-10(14)8-6-11-12(7-9(8)13)16-5-4-15-11/h6-7H,2-5H2,1H3. The third-order valence-electron chi connectivity index (χ3n) is 2.41. The van der Waals surface area contributed by atoms with Crippen LogP contribution in [0.25, 0.3) is 0 Å². The summed E-state index contributed by atoms with van der Waals surface area (Å²) < 4.78 is 24.1. The van der Waals surface area contributed by atoms with Crippen LogP contribution in [0.2, 0.25) is 0 Å². The molecule has 0 atom stereocenters. The van der Waals surface area contributed by atoms with Crippen molar-refractivity contribution in [2.45, 2.75) is 19.8 Å². The quantitative estimate of drug-likeness (QED) is 0.740. The smallest absolute Gasteiger partial charge is 0.165 e. The van der Waals surface area contributed by atoms with Crippen molar-refractivity contribution in [2.24, 2.45) is 0 Å². The molecule has 1 aromatic rings. The molecule has 0 aromatic heterocycles. The normalized spacial score (nSPS) is 13.6. The summed E-state index contributed by atoms with van der Waals surface area (Å²) >= 11 is 0. The molecule has 1 aliphatic rings. The van der Waals surface area contributed by atoms with Crippen LogP contribution in [-0.4, -0.2) is 19.0 Å². The van der Waals surface area contributed by atoms with Gasteiger partial charge in [-0.2, -0.15) is 0 Å². The Morgan fingerprint density at radius 3 is 2.56 bits per heavy atom. The van der Waals surface area contributed by atoms with Gasteiger partial charge in [-0.05, 0) is 12.5 Å². The van der Waals surface area contributed by atoms with Gasteiger partial charge >= 0.3 is 0 Å². The summed E-state index contributed by atoms with van der Waals surface area (Å²) in [6.07, 6.45) is 1.04. The minimum absolute atomic E-state index is 0.0890. The van der Waals surface area contributed by atoms with Crippen molar-refractivity contribution in [2.75, 3.05) is 13.2 Å². The number of benzene rings is 1. The van der Waals surface area contributed by atoms with Crippen molar-refractivity contribution >= 4 is 5.78 Å². The van der Waals surface area contributed by atoms with E-state index in [1.807, 2.05) is 6.92 Å². The van der Waals surface area contributed by atoms with E-state index in [4.69, 9.17) is 9.47 Å². The number of hydrogen-bond donors (Lipinski definition) is 0. The Labute approximate surface area is 93.2 Å². The number of Topliss-reactive ketones (excluding diaryl/α,β-unsaturated/α-hetero) is 1. The molecule has 4 heteroatoms. The van der Waals surface area contributed by atoms with Crippen LogP contribution in [0, 0.1) is 5.82 Å². The van der Waals surface area contributed by atoms with Crippen LogP contribution < -0.4 is 9.47 Å². The van der Waals surface area contributed by atoms with Crippen LogP contribution in [0.4, 0.5) is 4.39 Å². The molecule has 0 spiro atoms. The minimum atomic E-state index is -0.539. The predicted molar refractivity (Wildman–Crippen MR) is 56.6 cm³/mol. The molecule has 86 valence electrons. The first kappa shape index (κ1) is 10.9. The second kappa shape index (κ2) is 4.51. The van der Waals surface area contributed by atoms with Gasteiger partial charge in [0.2, 0.25) is 0 Å². The lowest BCUT2D eigenvalue weighted by Gasteiger charge is -2.19. The Balaban J connectivity index is 2.35. The molecule has 0 aliphatic carbocycles. The van der Waals surface area contributed by atoms with Crippen molar-refractivity contribution in [3.63, 3.8) is 0 Å². The van der Waals surface area contributed by atoms with E-state index in [1.54, 1.807) is 0 Å². The first-order valence-corrected chi connectivity index (χ1v) is 5.34. The molecule has 2 rings (SSSR count). The van der Waals surface area contributed by atoms with Crippen molar-refractivity contribution in [1.29, 1.82) is 0 Å². The molecule has 3 nitrogen and oxygen atoms in total. The molecule has 1 aromatic carbocycles. The molecule has 0 radical (unpaired) electrons. The van der Waals surface area contributed by atoms with Gasteiger partial charge in [-0.15, -0.1) is 0 Å². The van der Waals surface area contributed by atoms with Crippen molar-refractivity contribution < 1.29 is 18.7 Å². The van der Waals surface area contributed by atoms with Gasteiger partial charge in [-0.3, -0.25) is 4.79 Å². The monoisotopic (exact) mass is 224 g/mol. The van der Waals surface area contributed by atoms with Gasteiger partial charge < -0.3 is 9.47 Å². The first-order valence-electron chi connectivity index (χ1n) is 5.34. The Morgan fingerprint density at radius 1 is 1.31 bits per heavy atom. The summed E-state index contributed by atoms with van der Waals surface area (Å²) in [6, 6.07) is 2.65. The SMILES string of the molecule is CCCC(=O)c1cc2c(cc1F)OCCO2. The highest BCUT2D eigenvalue weighted by molar-refractivity contribution is 5.97. The number of rotatable bonds is 3. The zero-order valence-corrected chi connectivity index (χ0v) is 9.09. The largest absolute Gasteiger partial charge is 0.486 e. The maximum absolute atomic E-state index is 13.6. The van der Waals surface area contributed by atoms with Crippen molar-refractivity contribution in [1.82, 2.24) is 0 Å². The lowest BCUT2D eigenvalue weighted by Crippen LogP contribution is -2.16. The number of hydrogen-bond acceptors (Lipinski definition) is 3. The van der Waals surface area contributed by atoms with Gasteiger partial charge in [0.1, 0.15) is 19.0 Å². The number of carbonyl (C=O) groups is 1. The maximum Gasteiger partial charge on any atom is 0.165 e. The fraction of sp³-hybridized carbons (Fsp3) is 0.417. The van der Waals surface area contributed by atoms with E-state index in [9.17, 15) is 9.18 Å². The molecule has 1 aliphatic heterocycles. The summed E-state index contributed by atoms with van der Waals surface area (Å²) in [5.74, 6) is 0.0866. The summed E-state index contributed by atoms with van der Waals surface area (Å²) in [6.45, 7) is 2.72. The van der Waals surface area contributed by atoms with Crippen LogP contribution in [0.15, 0.2) is 12.1 Å². The van der Waals surface area contributed by atoms with Crippen LogP contribution in [0.5, 0.6) is 11.5 Å². The topological polar surface area (TPSA) is 35.5 Å². The van der Waals surface area contributed by atoms with E-state index in [-0.39, 0.29) is 11.3 Å². The molecular formula is C12H13FO3. The minimum Gasteiger partial charge on any atom is -0.486 e. The Bertz CT molecular complexity index is 415. The number of halogens is 1. The summed E-state index contributed by atoms with van der Waals surface area (Å²) in [7, 11) is 0. The van der Waals surface area contributed by atoms with Crippen LogP contribution in [0.1, 0.15) is 30.1 Å². The van der Waals surface area contributed by atoms with Gasteiger partial charge in [-0.25, -0.2) is 4.39 Å². The molecule has 0 unspecified atom stereocenters. The highest BCUT2D eigenvalue weighted by Gasteiger charge is 2.19. The molecule has 0 saturated heterocycles. The summed E-state index contributed by atoms with van der Waals surface area (Å²) in [4.78, 5) is 11.6. The fourth-order valence-electron chi connectivity index (χ4n) is 1.64. The Hall–Kier alpha value is -1.58. The third kappa shape index (κ3) is 2.01. The van der Waals surface area contributed by atoms with Crippen molar-refractivity contribution in [3.8, 4) is 11.5 Å². The molecular weight excluding hydrogens is 211 g/mol.